The number of amides is 3. The molecule has 3 amide bonds. The van der Waals surface area contributed by atoms with Gasteiger partial charge in [-0.15, -0.1) is 0 Å². The number of carboxylic acid groups (broad SMARTS) is 1. The Balaban J connectivity index is 2.90. The maximum atomic E-state index is 13.1. The number of carbonyl (C=O) groups is 4. The number of carboxylic acids is 1. The second kappa shape index (κ2) is 14.6. The summed E-state index contributed by atoms with van der Waals surface area (Å²) in [7, 11) is 0. The lowest BCUT2D eigenvalue weighted by atomic mass is 10.0. The summed E-state index contributed by atoms with van der Waals surface area (Å²) in [5.74, 6) is -2.80. The molecule has 1 rings (SSSR count). The van der Waals surface area contributed by atoms with Gasteiger partial charge in [0.2, 0.25) is 17.7 Å². The number of rotatable bonds is 14. The van der Waals surface area contributed by atoms with Crippen molar-refractivity contribution < 1.29 is 29.4 Å². The van der Waals surface area contributed by atoms with Gasteiger partial charge in [0.1, 0.15) is 23.9 Å². The number of aliphatic carboxylic acids is 1. The van der Waals surface area contributed by atoms with Gasteiger partial charge in [-0.3, -0.25) is 14.4 Å². The van der Waals surface area contributed by atoms with Crippen LogP contribution in [0.5, 0.6) is 5.75 Å². The number of carbonyl (C=O) groups excluding carboxylic acids is 3. The Labute approximate surface area is 210 Å². The van der Waals surface area contributed by atoms with E-state index in [4.69, 9.17) is 5.73 Å². The Hall–Kier alpha value is -2.79. The van der Waals surface area contributed by atoms with Gasteiger partial charge in [-0.05, 0) is 54.4 Å². The van der Waals surface area contributed by atoms with E-state index < -0.39 is 47.9 Å². The molecule has 0 aliphatic heterocycles. The number of hydrogen-bond donors (Lipinski definition) is 6. The summed E-state index contributed by atoms with van der Waals surface area (Å²) < 4.78 is 0. The molecule has 1 aromatic carbocycles. The van der Waals surface area contributed by atoms with Crippen molar-refractivity contribution in [1.29, 1.82) is 0 Å². The van der Waals surface area contributed by atoms with Gasteiger partial charge in [0.25, 0.3) is 0 Å². The van der Waals surface area contributed by atoms with Gasteiger partial charge in [0.15, 0.2) is 0 Å². The van der Waals surface area contributed by atoms with Crippen LogP contribution < -0.4 is 21.7 Å². The highest BCUT2D eigenvalue weighted by atomic mass is 32.2. The highest BCUT2D eigenvalue weighted by molar-refractivity contribution is 7.98. The molecule has 0 spiro atoms. The minimum absolute atomic E-state index is 0.103. The number of phenols is 1. The SMILES string of the molecule is CSCCC(NC(=O)C(NC(=O)C(N)Cc1ccc(O)cc1)C(C)C)C(=O)NC(C(=O)O)C(C)C. The summed E-state index contributed by atoms with van der Waals surface area (Å²) in [4.78, 5) is 50.1. The molecule has 7 N–H and O–H groups in total. The molecular weight excluding hydrogens is 472 g/mol. The van der Waals surface area contributed by atoms with Crippen LogP contribution in [0.15, 0.2) is 24.3 Å². The molecule has 35 heavy (non-hydrogen) atoms. The normalized spacial score (nSPS) is 14.6. The van der Waals surface area contributed by atoms with E-state index in [1.807, 2.05) is 6.26 Å². The van der Waals surface area contributed by atoms with Crippen LogP contribution in [-0.4, -0.2) is 70.1 Å². The third-order valence-electron chi connectivity index (χ3n) is 5.45. The Morgan fingerprint density at radius 2 is 1.43 bits per heavy atom. The number of phenolic OH excluding ortho intramolecular Hbond substituents is 1. The Bertz CT molecular complexity index is 862. The zero-order valence-corrected chi connectivity index (χ0v) is 21.7. The van der Waals surface area contributed by atoms with Crippen LogP contribution in [0.4, 0.5) is 0 Å². The summed E-state index contributed by atoms with van der Waals surface area (Å²) >= 11 is 1.49. The molecule has 0 heterocycles. The second-order valence-electron chi connectivity index (χ2n) is 9.12. The molecule has 196 valence electrons. The average Bonchev–Trinajstić information content (AvgIpc) is 2.78. The molecule has 4 unspecified atom stereocenters. The number of aromatic hydroxyl groups is 1. The fourth-order valence-electron chi connectivity index (χ4n) is 3.31. The smallest absolute Gasteiger partial charge is 0.326 e. The monoisotopic (exact) mass is 510 g/mol. The quantitative estimate of drug-likeness (QED) is 0.214. The van der Waals surface area contributed by atoms with Crippen molar-refractivity contribution in [3.05, 3.63) is 29.8 Å². The fourth-order valence-corrected chi connectivity index (χ4v) is 3.78. The van der Waals surface area contributed by atoms with Gasteiger partial charge in [-0.1, -0.05) is 39.8 Å². The van der Waals surface area contributed by atoms with E-state index in [0.717, 1.165) is 5.56 Å². The Kier molecular flexibility index (Phi) is 12.6. The van der Waals surface area contributed by atoms with E-state index in [2.05, 4.69) is 16.0 Å². The number of benzene rings is 1. The van der Waals surface area contributed by atoms with E-state index in [1.54, 1.807) is 39.8 Å². The third kappa shape index (κ3) is 10.2. The highest BCUT2D eigenvalue weighted by Crippen LogP contribution is 2.12. The minimum atomic E-state index is -1.15. The molecule has 0 fully saturated rings. The van der Waals surface area contributed by atoms with Gasteiger partial charge in [-0.25, -0.2) is 4.79 Å². The molecule has 0 radical (unpaired) electrons. The van der Waals surface area contributed by atoms with Gasteiger partial charge >= 0.3 is 5.97 Å². The summed E-state index contributed by atoms with van der Waals surface area (Å²) in [5, 5.41) is 26.6. The van der Waals surface area contributed by atoms with Crippen LogP contribution in [0.2, 0.25) is 0 Å². The van der Waals surface area contributed by atoms with Gasteiger partial charge in [-0.2, -0.15) is 11.8 Å². The van der Waals surface area contributed by atoms with Crippen molar-refractivity contribution in [2.24, 2.45) is 17.6 Å². The first-order valence-corrected chi connectivity index (χ1v) is 12.9. The molecule has 0 saturated heterocycles. The number of hydrogen-bond acceptors (Lipinski definition) is 7. The molecule has 11 heteroatoms. The largest absolute Gasteiger partial charge is 0.508 e. The van der Waals surface area contributed by atoms with E-state index in [1.165, 1.54) is 23.9 Å². The Morgan fingerprint density at radius 1 is 0.886 bits per heavy atom. The predicted octanol–water partition coefficient (Wildman–Crippen LogP) is 0.866. The van der Waals surface area contributed by atoms with Gasteiger partial charge < -0.3 is 31.9 Å². The first kappa shape index (κ1) is 30.2. The molecule has 0 aliphatic carbocycles. The zero-order chi connectivity index (χ0) is 26.7. The molecule has 0 aromatic heterocycles. The summed E-state index contributed by atoms with van der Waals surface area (Å²) in [5.41, 5.74) is 6.79. The van der Waals surface area contributed by atoms with E-state index in [-0.39, 0.29) is 24.0 Å². The zero-order valence-electron chi connectivity index (χ0n) is 20.9. The molecule has 0 aliphatic rings. The molecule has 0 saturated carbocycles. The Morgan fingerprint density at radius 3 is 1.91 bits per heavy atom. The number of nitrogens with two attached hydrogens (primary N) is 1. The standard InChI is InChI=1S/C24H38N4O6S/c1-13(2)19(27-21(30)17(25)12-15-6-8-16(29)9-7-15)23(32)26-18(10-11-35-5)22(31)28-20(14(3)4)24(33)34/h6-9,13-14,17-20,29H,10-12,25H2,1-5H3,(H,26,32)(H,27,30)(H,28,31)(H,33,34). The van der Waals surface area contributed by atoms with E-state index in [0.29, 0.717) is 12.2 Å². The first-order valence-electron chi connectivity index (χ1n) is 11.5. The number of nitrogens with one attached hydrogen (secondary N) is 3. The second-order valence-corrected chi connectivity index (χ2v) is 10.1. The predicted molar refractivity (Wildman–Crippen MR) is 136 cm³/mol. The van der Waals surface area contributed by atoms with Crippen molar-refractivity contribution in [3.63, 3.8) is 0 Å². The van der Waals surface area contributed by atoms with Crippen LogP contribution in [0, 0.1) is 11.8 Å². The third-order valence-corrected chi connectivity index (χ3v) is 6.09. The van der Waals surface area contributed by atoms with Crippen LogP contribution in [0.25, 0.3) is 0 Å². The molecule has 4 atom stereocenters. The lowest BCUT2D eigenvalue weighted by Crippen LogP contribution is -2.59. The summed E-state index contributed by atoms with van der Waals surface area (Å²) in [6.45, 7) is 6.87. The number of thioether (sulfide) groups is 1. The minimum Gasteiger partial charge on any atom is -0.508 e. The maximum Gasteiger partial charge on any atom is 0.326 e. The van der Waals surface area contributed by atoms with Crippen LogP contribution in [0.1, 0.15) is 39.7 Å². The van der Waals surface area contributed by atoms with Gasteiger partial charge in [0, 0.05) is 0 Å². The first-order chi connectivity index (χ1) is 16.4. The molecule has 0 bridgehead atoms. The van der Waals surface area contributed by atoms with Crippen molar-refractivity contribution in [2.75, 3.05) is 12.0 Å². The fraction of sp³-hybridized carbons (Fsp3) is 0.583. The summed E-state index contributed by atoms with van der Waals surface area (Å²) in [6, 6.07) is 2.40. The summed E-state index contributed by atoms with van der Waals surface area (Å²) in [6.07, 6.45) is 2.36. The van der Waals surface area contributed by atoms with E-state index in [9.17, 15) is 29.4 Å². The van der Waals surface area contributed by atoms with Crippen LogP contribution >= 0.6 is 11.8 Å². The van der Waals surface area contributed by atoms with Crippen molar-refractivity contribution in [1.82, 2.24) is 16.0 Å². The lowest BCUT2D eigenvalue weighted by molar-refractivity contribution is -0.143. The average molecular weight is 511 g/mol. The van der Waals surface area contributed by atoms with Crippen LogP contribution in [0.3, 0.4) is 0 Å². The topological polar surface area (TPSA) is 171 Å². The van der Waals surface area contributed by atoms with Crippen LogP contribution in [-0.2, 0) is 25.6 Å². The lowest BCUT2D eigenvalue weighted by Gasteiger charge is -2.27. The molecule has 1 aromatic rings. The molecule has 10 nitrogen and oxygen atoms in total. The van der Waals surface area contributed by atoms with Gasteiger partial charge in [0.05, 0.1) is 6.04 Å². The van der Waals surface area contributed by atoms with Crippen molar-refractivity contribution >= 4 is 35.5 Å². The highest BCUT2D eigenvalue weighted by Gasteiger charge is 2.32. The van der Waals surface area contributed by atoms with Crippen molar-refractivity contribution in [3.8, 4) is 5.75 Å². The van der Waals surface area contributed by atoms with Crippen molar-refractivity contribution in [2.45, 2.75) is 64.7 Å². The maximum absolute atomic E-state index is 13.1. The molecular formula is C24H38N4O6S. The van der Waals surface area contributed by atoms with E-state index >= 15 is 0 Å².